The van der Waals surface area contributed by atoms with Crippen molar-refractivity contribution in [2.75, 3.05) is 6.54 Å². The second-order valence-corrected chi connectivity index (χ2v) is 7.53. The van der Waals surface area contributed by atoms with Crippen LogP contribution in [0.4, 0.5) is 0 Å². The fourth-order valence-corrected chi connectivity index (χ4v) is 3.91. The average Bonchev–Trinajstić information content (AvgIpc) is 3.02. The van der Waals surface area contributed by atoms with E-state index in [1.54, 1.807) is 6.07 Å². The SMILES string of the molecule is Cc1csc(CCNS(=O)(=O)c2ccc3[nH]c(=O)[nH]c3c2)n1. The molecule has 0 radical (unpaired) electrons. The lowest BCUT2D eigenvalue weighted by atomic mass is 10.3. The fraction of sp³-hybridized carbons (Fsp3) is 0.231. The number of nitrogens with one attached hydrogen (secondary N) is 3. The quantitative estimate of drug-likeness (QED) is 0.648. The maximum absolute atomic E-state index is 12.2. The first-order chi connectivity index (χ1) is 10.4. The molecular formula is C13H14N4O3S2. The molecule has 22 heavy (non-hydrogen) atoms. The number of aryl methyl sites for hydroxylation is 1. The zero-order valence-electron chi connectivity index (χ0n) is 11.7. The first-order valence-electron chi connectivity index (χ1n) is 6.57. The number of fused-ring (bicyclic) bond motifs is 1. The monoisotopic (exact) mass is 338 g/mol. The molecule has 9 heteroatoms. The van der Waals surface area contributed by atoms with E-state index in [4.69, 9.17) is 0 Å². The van der Waals surface area contributed by atoms with E-state index in [0.717, 1.165) is 10.7 Å². The molecule has 0 amide bonds. The first-order valence-corrected chi connectivity index (χ1v) is 8.93. The van der Waals surface area contributed by atoms with Crippen molar-refractivity contribution in [3.8, 4) is 0 Å². The molecule has 0 aliphatic carbocycles. The third-order valence-corrected chi connectivity index (χ3v) is 5.58. The van der Waals surface area contributed by atoms with Crippen molar-refractivity contribution in [2.45, 2.75) is 18.2 Å². The van der Waals surface area contributed by atoms with E-state index in [1.807, 2.05) is 12.3 Å². The number of hydrogen-bond acceptors (Lipinski definition) is 5. The number of nitrogens with zero attached hydrogens (tertiary/aromatic N) is 1. The molecule has 0 bridgehead atoms. The highest BCUT2D eigenvalue weighted by Gasteiger charge is 2.15. The summed E-state index contributed by atoms with van der Waals surface area (Å²) in [5, 5.41) is 2.82. The second kappa shape index (κ2) is 5.67. The lowest BCUT2D eigenvalue weighted by Gasteiger charge is -2.05. The molecule has 7 nitrogen and oxygen atoms in total. The minimum atomic E-state index is -3.61. The predicted molar refractivity (Wildman–Crippen MR) is 84.7 cm³/mol. The molecule has 0 aliphatic rings. The Bertz CT molecular complexity index is 969. The van der Waals surface area contributed by atoms with Gasteiger partial charge in [-0.25, -0.2) is 22.9 Å². The van der Waals surface area contributed by atoms with E-state index >= 15 is 0 Å². The predicted octanol–water partition coefficient (Wildman–Crippen LogP) is 1.14. The third-order valence-electron chi connectivity index (χ3n) is 3.10. The van der Waals surface area contributed by atoms with Gasteiger partial charge in [-0.05, 0) is 25.1 Å². The number of aromatic amines is 2. The van der Waals surface area contributed by atoms with E-state index in [9.17, 15) is 13.2 Å². The van der Waals surface area contributed by atoms with Crippen LogP contribution in [0.1, 0.15) is 10.7 Å². The largest absolute Gasteiger partial charge is 0.323 e. The second-order valence-electron chi connectivity index (χ2n) is 4.82. The molecule has 0 unspecified atom stereocenters. The Balaban J connectivity index is 1.74. The van der Waals surface area contributed by atoms with Crippen LogP contribution >= 0.6 is 11.3 Å². The molecule has 1 aromatic carbocycles. The lowest BCUT2D eigenvalue weighted by Crippen LogP contribution is -2.26. The van der Waals surface area contributed by atoms with Gasteiger partial charge in [-0.15, -0.1) is 11.3 Å². The number of benzene rings is 1. The summed E-state index contributed by atoms with van der Waals surface area (Å²) >= 11 is 1.51. The minimum absolute atomic E-state index is 0.116. The molecule has 3 rings (SSSR count). The highest BCUT2D eigenvalue weighted by molar-refractivity contribution is 7.89. The van der Waals surface area contributed by atoms with Gasteiger partial charge in [-0.1, -0.05) is 0 Å². The molecule has 0 saturated carbocycles. The highest BCUT2D eigenvalue weighted by Crippen LogP contribution is 2.15. The number of imidazole rings is 1. The van der Waals surface area contributed by atoms with E-state index in [2.05, 4.69) is 19.7 Å². The number of hydrogen-bond donors (Lipinski definition) is 3. The van der Waals surface area contributed by atoms with Gasteiger partial charge in [0, 0.05) is 24.0 Å². The van der Waals surface area contributed by atoms with Crippen LogP contribution in [0.25, 0.3) is 11.0 Å². The van der Waals surface area contributed by atoms with Crippen molar-refractivity contribution < 1.29 is 8.42 Å². The number of aromatic nitrogens is 3. The molecule has 2 heterocycles. The van der Waals surface area contributed by atoms with Gasteiger partial charge < -0.3 is 9.97 Å². The minimum Gasteiger partial charge on any atom is -0.306 e. The summed E-state index contributed by atoms with van der Waals surface area (Å²) in [5.41, 5.74) is 1.60. The van der Waals surface area contributed by atoms with Gasteiger partial charge >= 0.3 is 5.69 Å². The molecule has 0 atom stereocenters. The summed E-state index contributed by atoms with van der Waals surface area (Å²) in [4.78, 5) is 20.7. The van der Waals surface area contributed by atoms with Gasteiger partial charge in [-0.3, -0.25) is 0 Å². The highest BCUT2D eigenvalue weighted by atomic mass is 32.2. The molecule has 0 spiro atoms. The van der Waals surface area contributed by atoms with E-state index < -0.39 is 10.0 Å². The normalized spacial score (nSPS) is 12.0. The molecule has 3 N–H and O–H groups in total. The van der Waals surface area contributed by atoms with Crippen LogP contribution in [0.5, 0.6) is 0 Å². The first kappa shape index (κ1) is 14.9. The van der Waals surface area contributed by atoms with Crippen LogP contribution in [-0.4, -0.2) is 29.9 Å². The summed E-state index contributed by atoms with van der Waals surface area (Å²) in [6.07, 6.45) is 0.543. The molecule has 2 aromatic heterocycles. The van der Waals surface area contributed by atoms with Crippen molar-refractivity contribution in [3.63, 3.8) is 0 Å². The van der Waals surface area contributed by atoms with Crippen molar-refractivity contribution in [3.05, 3.63) is 44.8 Å². The number of H-pyrrole nitrogens is 2. The van der Waals surface area contributed by atoms with Crippen LogP contribution in [-0.2, 0) is 16.4 Å². The van der Waals surface area contributed by atoms with E-state index in [0.29, 0.717) is 17.5 Å². The maximum Gasteiger partial charge on any atom is 0.323 e. The Hall–Kier alpha value is -1.97. The summed E-state index contributed by atoms with van der Waals surface area (Å²) in [5.74, 6) is 0. The maximum atomic E-state index is 12.2. The van der Waals surface area contributed by atoms with Gasteiger partial charge in [0.1, 0.15) is 0 Å². The summed E-state index contributed by atoms with van der Waals surface area (Å²) in [6, 6.07) is 4.46. The average molecular weight is 338 g/mol. The van der Waals surface area contributed by atoms with Gasteiger partial charge in [0.25, 0.3) is 0 Å². The molecule has 116 valence electrons. The Morgan fingerprint density at radius 2 is 2.05 bits per heavy atom. The lowest BCUT2D eigenvalue weighted by molar-refractivity contribution is 0.581. The van der Waals surface area contributed by atoms with E-state index in [1.165, 1.54) is 23.5 Å². The summed E-state index contributed by atoms with van der Waals surface area (Å²) in [6.45, 7) is 2.17. The van der Waals surface area contributed by atoms with Crippen LogP contribution in [0.3, 0.4) is 0 Å². The molecule has 0 fully saturated rings. The molecule has 0 aliphatic heterocycles. The van der Waals surface area contributed by atoms with Crippen LogP contribution in [0.15, 0.2) is 33.3 Å². The number of sulfonamides is 1. The number of rotatable bonds is 5. The standard InChI is InChI=1S/C13H14N4O3S2/c1-8-7-21-12(15-8)4-5-14-22(19,20)9-2-3-10-11(6-9)17-13(18)16-10/h2-3,6-7,14H,4-5H2,1H3,(H2,16,17,18). The fourth-order valence-electron chi connectivity index (χ4n) is 2.07. The Morgan fingerprint density at radius 1 is 1.27 bits per heavy atom. The number of thiazole rings is 1. The Kier molecular flexibility index (Phi) is 3.85. The molecular weight excluding hydrogens is 324 g/mol. The van der Waals surface area contributed by atoms with Gasteiger partial charge in [-0.2, -0.15) is 0 Å². The van der Waals surface area contributed by atoms with Crippen molar-refractivity contribution in [2.24, 2.45) is 0 Å². The zero-order chi connectivity index (χ0) is 15.7. The van der Waals surface area contributed by atoms with Gasteiger partial charge in [0.05, 0.1) is 20.9 Å². The smallest absolute Gasteiger partial charge is 0.306 e. The van der Waals surface area contributed by atoms with Crippen molar-refractivity contribution >= 4 is 32.4 Å². The van der Waals surface area contributed by atoms with Gasteiger partial charge in [0.15, 0.2) is 0 Å². The Labute approximate surface area is 130 Å². The topological polar surface area (TPSA) is 108 Å². The van der Waals surface area contributed by atoms with Crippen LogP contribution < -0.4 is 10.4 Å². The van der Waals surface area contributed by atoms with Gasteiger partial charge in [0.2, 0.25) is 10.0 Å². The summed E-state index contributed by atoms with van der Waals surface area (Å²) < 4.78 is 27.0. The van der Waals surface area contributed by atoms with E-state index in [-0.39, 0.29) is 17.1 Å². The van der Waals surface area contributed by atoms with Crippen molar-refractivity contribution in [1.29, 1.82) is 0 Å². The van der Waals surface area contributed by atoms with Crippen molar-refractivity contribution in [1.82, 2.24) is 19.7 Å². The Morgan fingerprint density at radius 3 is 2.77 bits per heavy atom. The summed E-state index contributed by atoms with van der Waals surface area (Å²) in [7, 11) is -3.61. The van der Waals surface area contributed by atoms with Crippen LogP contribution in [0.2, 0.25) is 0 Å². The van der Waals surface area contributed by atoms with Crippen LogP contribution in [0, 0.1) is 6.92 Å². The third kappa shape index (κ3) is 3.11. The molecule has 0 saturated heterocycles. The zero-order valence-corrected chi connectivity index (χ0v) is 13.3. The molecule has 3 aromatic rings.